The van der Waals surface area contributed by atoms with E-state index in [0.29, 0.717) is 40.7 Å². The predicted octanol–water partition coefficient (Wildman–Crippen LogP) is 2.15. The Morgan fingerprint density at radius 3 is 2.52 bits per heavy atom. The second kappa shape index (κ2) is 13.6. The first-order valence-electron chi connectivity index (χ1n) is 16.9. The summed E-state index contributed by atoms with van der Waals surface area (Å²) >= 11 is 0. The standard InChI is InChI=1S/C36H37NO15/c37-6-7-44-35-36(34(43)32(42)29(50-35)15-46-31(41)13-30(39)40)5-4-19(17-2-1-3-18(38)8-17)20-9-24-22(11-26(20)51-52-36)33-23(14-45-24)21-10-27-28(48-16-47-27)12-25(21)49-33/h1-3,8-12,19,23,29,32-35,38,42-43H,4-7,13-16,37H2,(H,39,40). The number of rotatable bonds is 8. The molecule has 8 unspecified atom stereocenters. The molecule has 0 aromatic heterocycles. The molecule has 3 aromatic rings. The second-order valence-corrected chi connectivity index (χ2v) is 13.3. The molecule has 16 heteroatoms. The molecule has 3 aromatic carbocycles. The number of ether oxygens (including phenoxy) is 7. The van der Waals surface area contributed by atoms with E-state index in [9.17, 15) is 24.9 Å². The molecule has 0 bridgehead atoms. The van der Waals surface area contributed by atoms with Crippen molar-refractivity contribution in [2.75, 3.05) is 33.2 Å². The lowest BCUT2D eigenvalue weighted by Crippen LogP contribution is -2.69. The number of fused-ring (bicyclic) bond motifs is 7. The lowest BCUT2D eigenvalue weighted by Gasteiger charge is -2.50. The Kier molecular flexibility index (Phi) is 8.97. The zero-order valence-electron chi connectivity index (χ0n) is 27.7. The molecule has 1 fully saturated rings. The third-order valence-corrected chi connectivity index (χ3v) is 10.1. The zero-order chi connectivity index (χ0) is 36.1. The summed E-state index contributed by atoms with van der Waals surface area (Å²) in [6, 6.07) is 14.1. The molecule has 0 amide bonds. The third kappa shape index (κ3) is 6.00. The van der Waals surface area contributed by atoms with Crippen LogP contribution in [0.1, 0.15) is 59.5 Å². The number of carbonyl (C=O) groups is 2. The van der Waals surface area contributed by atoms with E-state index in [1.165, 1.54) is 0 Å². The van der Waals surface area contributed by atoms with E-state index in [0.717, 1.165) is 11.1 Å². The number of esters is 1. The highest BCUT2D eigenvalue weighted by molar-refractivity contribution is 5.90. The fourth-order valence-electron chi connectivity index (χ4n) is 7.59. The van der Waals surface area contributed by atoms with Crippen LogP contribution in [0, 0.1) is 0 Å². The summed E-state index contributed by atoms with van der Waals surface area (Å²) in [5, 5.41) is 42.5. The molecule has 52 heavy (non-hydrogen) atoms. The van der Waals surface area contributed by atoms with Gasteiger partial charge >= 0.3 is 11.9 Å². The van der Waals surface area contributed by atoms with Crippen LogP contribution in [0.15, 0.2) is 48.5 Å². The molecule has 0 radical (unpaired) electrons. The van der Waals surface area contributed by atoms with Crippen LogP contribution < -0.4 is 29.6 Å². The molecule has 8 rings (SSSR count). The third-order valence-electron chi connectivity index (χ3n) is 10.1. The summed E-state index contributed by atoms with van der Waals surface area (Å²) in [5.74, 6) is -0.312. The topological polar surface area (TPSA) is 224 Å². The Morgan fingerprint density at radius 2 is 1.73 bits per heavy atom. The molecule has 276 valence electrons. The fourth-order valence-corrected chi connectivity index (χ4v) is 7.59. The zero-order valence-corrected chi connectivity index (χ0v) is 27.7. The Morgan fingerprint density at radius 1 is 0.942 bits per heavy atom. The van der Waals surface area contributed by atoms with E-state index >= 15 is 0 Å². The molecule has 0 saturated carbocycles. The quantitative estimate of drug-likeness (QED) is 0.128. The number of phenolic OH excluding ortho intramolecular Hbond substituents is 1. The van der Waals surface area contributed by atoms with Gasteiger partial charge in [-0.3, -0.25) is 9.59 Å². The van der Waals surface area contributed by atoms with Crippen molar-refractivity contribution in [3.8, 4) is 34.5 Å². The first-order chi connectivity index (χ1) is 25.1. The van der Waals surface area contributed by atoms with Gasteiger partial charge in [0.15, 0.2) is 29.1 Å². The second-order valence-electron chi connectivity index (χ2n) is 13.3. The van der Waals surface area contributed by atoms with Crippen LogP contribution in [0.5, 0.6) is 34.5 Å². The van der Waals surface area contributed by atoms with E-state index in [-0.39, 0.29) is 50.2 Å². The summed E-state index contributed by atoms with van der Waals surface area (Å²) in [7, 11) is 0. The number of carbonyl (C=O) groups excluding carboxylic acids is 1. The number of aliphatic hydroxyl groups is 2. The van der Waals surface area contributed by atoms with Gasteiger partial charge in [0, 0.05) is 35.2 Å². The maximum absolute atomic E-state index is 12.0. The lowest BCUT2D eigenvalue weighted by atomic mass is 9.77. The van der Waals surface area contributed by atoms with Crippen molar-refractivity contribution in [1.82, 2.24) is 0 Å². The number of aliphatic hydroxyl groups excluding tert-OH is 2. The van der Waals surface area contributed by atoms with Gasteiger partial charge in [0.1, 0.15) is 54.7 Å². The predicted molar refractivity (Wildman–Crippen MR) is 173 cm³/mol. The van der Waals surface area contributed by atoms with E-state index < -0.39 is 67.2 Å². The minimum atomic E-state index is -1.85. The average Bonchev–Trinajstić information content (AvgIpc) is 3.73. The normalized spacial score (nSPS) is 29.6. The van der Waals surface area contributed by atoms with Crippen LogP contribution in [0.2, 0.25) is 0 Å². The van der Waals surface area contributed by atoms with Crippen LogP contribution >= 0.6 is 0 Å². The number of carboxylic acid groups (broad SMARTS) is 1. The van der Waals surface area contributed by atoms with Crippen molar-refractivity contribution in [2.45, 2.75) is 67.4 Å². The van der Waals surface area contributed by atoms with Gasteiger partial charge in [-0.15, -0.1) is 0 Å². The Balaban J connectivity index is 1.15. The molecule has 5 heterocycles. The Bertz CT molecular complexity index is 1870. The molecule has 16 nitrogen and oxygen atoms in total. The number of benzene rings is 3. The number of aliphatic carboxylic acids is 1. The van der Waals surface area contributed by atoms with Crippen molar-refractivity contribution >= 4 is 11.9 Å². The maximum Gasteiger partial charge on any atom is 0.317 e. The summed E-state index contributed by atoms with van der Waals surface area (Å²) in [6.07, 6.45) is -7.19. The van der Waals surface area contributed by atoms with Crippen molar-refractivity contribution in [2.24, 2.45) is 5.73 Å². The molecular formula is C36H37NO15. The summed E-state index contributed by atoms with van der Waals surface area (Å²) in [6.45, 7) is -0.0683. The molecule has 8 atom stereocenters. The van der Waals surface area contributed by atoms with E-state index in [1.54, 1.807) is 24.3 Å². The number of hydrogen-bond donors (Lipinski definition) is 5. The van der Waals surface area contributed by atoms with Crippen LogP contribution in [-0.2, 0) is 28.7 Å². The number of nitrogens with two attached hydrogens (primary N) is 1. The highest BCUT2D eigenvalue weighted by atomic mass is 17.2. The highest BCUT2D eigenvalue weighted by Gasteiger charge is 2.60. The van der Waals surface area contributed by atoms with E-state index in [1.807, 2.05) is 24.3 Å². The molecule has 5 aliphatic rings. The smallest absolute Gasteiger partial charge is 0.317 e. The summed E-state index contributed by atoms with van der Waals surface area (Å²) < 4.78 is 41.0. The number of carboxylic acids is 1. The molecule has 1 spiro atoms. The average molecular weight is 724 g/mol. The fraction of sp³-hybridized carbons (Fsp3) is 0.444. The van der Waals surface area contributed by atoms with Crippen molar-refractivity contribution in [3.05, 3.63) is 70.8 Å². The maximum atomic E-state index is 12.0. The summed E-state index contributed by atoms with van der Waals surface area (Å²) in [5.41, 5.74) is 6.90. The Hall–Kier alpha value is -4.84. The van der Waals surface area contributed by atoms with Gasteiger partial charge < -0.3 is 64.2 Å². The first kappa shape index (κ1) is 34.3. The number of phenols is 1. The van der Waals surface area contributed by atoms with E-state index in [2.05, 4.69) is 0 Å². The minimum Gasteiger partial charge on any atom is -0.508 e. The van der Waals surface area contributed by atoms with Gasteiger partial charge in [-0.1, -0.05) is 12.1 Å². The first-order valence-corrected chi connectivity index (χ1v) is 16.9. The number of aromatic hydroxyl groups is 1. The van der Waals surface area contributed by atoms with E-state index in [4.69, 9.17) is 53.8 Å². The molecule has 6 N–H and O–H groups in total. The minimum absolute atomic E-state index is 0.00161. The van der Waals surface area contributed by atoms with Gasteiger partial charge in [-0.25, -0.2) is 0 Å². The van der Waals surface area contributed by atoms with Crippen molar-refractivity contribution in [3.63, 3.8) is 0 Å². The molecular weight excluding hydrogens is 686 g/mol. The van der Waals surface area contributed by atoms with Gasteiger partial charge in [0.2, 0.25) is 6.79 Å². The van der Waals surface area contributed by atoms with Crippen LogP contribution in [0.25, 0.3) is 0 Å². The largest absolute Gasteiger partial charge is 0.508 e. The Labute approximate surface area is 296 Å². The van der Waals surface area contributed by atoms with Crippen molar-refractivity contribution in [1.29, 1.82) is 0 Å². The molecule has 5 aliphatic heterocycles. The van der Waals surface area contributed by atoms with Gasteiger partial charge in [0.25, 0.3) is 0 Å². The SMILES string of the molecule is NCCOC1OC(COC(=O)CC(=O)O)C(O)C(O)C12CCC(c1cccc(O)c1)c1cc3c(cc1OO2)C1Oc2cc4c(cc2C1CO3)OCO4. The summed E-state index contributed by atoms with van der Waals surface area (Å²) in [4.78, 5) is 35.2. The molecule has 1 saturated heterocycles. The van der Waals surface area contributed by atoms with Crippen LogP contribution in [0.3, 0.4) is 0 Å². The van der Waals surface area contributed by atoms with Crippen LogP contribution in [-0.4, -0.2) is 95.7 Å². The van der Waals surface area contributed by atoms with Gasteiger partial charge in [-0.2, -0.15) is 4.89 Å². The van der Waals surface area contributed by atoms with Crippen molar-refractivity contribution < 1.29 is 72.9 Å². The molecule has 0 aliphatic carbocycles. The highest BCUT2D eigenvalue weighted by Crippen LogP contribution is 2.56. The van der Waals surface area contributed by atoms with Gasteiger partial charge in [0.05, 0.1) is 19.1 Å². The lowest BCUT2D eigenvalue weighted by molar-refractivity contribution is -0.422. The monoisotopic (exact) mass is 723 g/mol. The van der Waals surface area contributed by atoms with Crippen LogP contribution in [0.4, 0.5) is 0 Å². The van der Waals surface area contributed by atoms with Gasteiger partial charge in [-0.05, 0) is 48.7 Å². The number of hydrogen-bond acceptors (Lipinski definition) is 15.